The molecular formula is C10H13NO2S2. The zero-order valence-corrected chi connectivity index (χ0v) is 9.92. The van der Waals surface area contributed by atoms with Gasteiger partial charge in [0, 0.05) is 24.7 Å². The number of carboxylic acids is 1. The van der Waals surface area contributed by atoms with E-state index in [4.69, 9.17) is 5.11 Å². The van der Waals surface area contributed by atoms with Crippen LogP contribution < -0.4 is 0 Å². The molecule has 5 heteroatoms. The molecule has 1 heterocycles. The molecule has 0 aliphatic rings. The SMILES string of the molecule is O=C(O)CCC(S)(S)Cc1ccccn1. The van der Waals surface area contributed by atoms with Gasteiger partial charge in [0.15, 0.2) is 0 Å². The summed E-state index contributed by atoms with van der Waals surface area (Å²) >= 11 is 8.67. The highest BCUT2D eigenvalue weighted by atomic mass is 32.2. The van der Waals surface area contributed by atoms with Crippen molar-refractivity contribution in [3.63, 3.8) is 0 Å². The molecule has 15 heavy (non-hydrogen) atoms. The number of hydrogen-bond donors (Lipinski definition) is 3. The van der Waals surface area contributed by atoms with E-state index in [0.717, 1.165) is 5.69 Å². The minimum Gasteiger partial charge on any atom is -0.481 e. The molecule has 82 valence electrons. The molecule has 1 rings (SSSR count). The Labute approximate surface area is 99.7 Å². The number of nitrogens with zero attached hydrogens (tertiary/aromatic N) is 1. The van der Waals surface area contributed by atoms with Crippen LogP contribution >= 0.6 is 25.3 Å². The normalized spacial score (nSPS) is 11.3. The van der Waals surface area contributed by atoms with E-state index >= 15 is 0 Å². The molecule has 1 N–H and O–H groups in total. The van der Waals surface area contributed by atoms with E-state index < -0.39 is 10.0 Å². The number of pyridine rings is 1. The largest absolute Gasteiger partial charge is 0.481 e. The maximum absolute atomic E-state index is 10.4. The summed E-state index contributed by atoms with van der Waals surface area (Å²) in [5.41, 5.74) is 0.868. The second-order valence-electron chi connectivity index (χ2n) is 3.37. The molecule has 1 aromatic rings. The minimum absolute atomic E-state index is 0.0693. The molecule has 0 aliphatic carbocycles. The van der Waals surface area contributed by atoms with Gasteiger partial charge in [0.25, 0.3) is 0 Å². The summed E-state index contributed by atoms with van der Waals surface area (Å²) in [4.78, 5) is 14.6. The van der Waals surface area contributed by atoms with Gasteiger partial charge in [-0.3, -0.25) is 9.78 Å². The first-order valence-corrected chi connectivity index (χ1v) is 5.45. The molecular weight excluding hydrogens is 230 g/mol. The number of thiol groups is 2. The van der Waals surface area contributed by atoms with Crippen LogP contribution in [-0.2, 0) is 11.2 Å². The number of aliphatic carboxylic acids is 1. The zero-order chi connectivity index (χ0) is 11.3. The van der Waals surface area contributed by atoms with Gasteiger partial charge >= 0.3 is 5.97 Å². The van der Waals surface area contributed by atoms with E-state index in [1.54, 1.807) is 6.20 Å². The maximum Gasteiger partial charge on any atom is 0.303 e. The quantitative estimate of drug-likeness (QED) is 0.548. The van der Waals surface area contributed by atoms with Crippen molar-refractivity contribution in [2.24, 2.45) is 0 Å². The molecule has 0 saturated heterocycles. The summed E-state index contributed by atoms with van der Waals surface area (Å²) in [6, 6.07) is 5.60. The van der Waals surface area contributed by atoms with Gasteiger partial charge in [0.05, 0.1) is 4.08 Å². The number of carbonyl (C=O) groups is 1. The van der Waals surface area contributed by atoms with E-state index in [0.29, 0.717) is 12.8 Å². The predicted octanol–water partition coefficient (Wildman–Crippen LogP) is 2.04. The van der Waals surface area contributed by atoms with Gasteiger partial charge < -0.3 is 5.11 Å². The summed E-state index contributed by atoms with van der Waals surface area (Å²) < 4.78 is -0.618. The van der Waals surface area contributed by atoms with Crippen molar-refractivity contribution in [1.29, 1.82) is 0 Å². The zero-order valence-electron chi connectivity index (χ0n) is 8.13. The van der Waals surface area contributed by atoms with E-state index in [-0.39, 0.29) is 6.42 Å². The highest BCUT2D eigenvalue weighted by Gasteiger charge is 2.22. The molecule has 0 spiro atoms. The molecule has 0 aromatic carbocycles. The van der Waals surface area contributed by atoms with Crippen LogP contribution in [0, 0.1) is 0 Å². The Morgan fingerprint density at radius 2 is 2.20 bits per heavy atom. The first-order chi connectivity index (χ1) is 6.99. The molecule has 0 bridgehead atoms. The number of hydrogen-bond acceptors (Lipinski definition) is 4. The second-order valence-corrected chi connectivity index (χ2v) is 5.44. The van der Waals surface area contributed by atoms with Crippen molar-refractivity contribution in [3.8, 4) is 0 Å². The smallest absolute Gasteiger partial charge is 0.303 e. The molecule has 0 radical (unpaired) electrons. The van der Waals surface area contributed by atoms with Gasteiger partial charge in [-0.05, 0) is 18.6 Å². The van der Waals surface area contributed by atoms with Crippen molar-refractivity contribution in [2.45, 2.75) is 23.3 Å². The number of rotatable bonds is 5. The fraction of sp³-hybridized carbons (Fsp3) is 0.400. The average molecular weight is 243 g/mol. The maximum atomic E-state index is 10.4. The Hall–Kier alpha value is -0.680. The Bertz CT molecular complexity index is 327. The van der Waals surface area contributed by atoms with Crippen molar-refractivity contribution in [2.75, 3.05) is 0 Å². The van der Waals surface area contributed by atoms with Crippen molar-refractivity contribution in [1.82, 2.24) is 4.98 Å². The third kappa shape index (κ3) is 5.09. The highest BCUT2D eigenvalue weighted by Crippen LogP contribution is 2.29. The minimum atomic E-state index is -0.830. The summed E-state index contributed by atoms with van der Waals surface area (Å²) in [5.74, 6) is -0.830. The molecule has 0 unspecified atom stereocenters. The predicted molar refractivity (Wildman–Crippen MR) is 65.5 cm³/mol. The van der Waals surface area contributed by atoms with Gasteiger partial charge in [0.2, 0.25) is 0 Å². The van der Waals surface area contributed by atoms with Crippen LogP contribution in [0.1, 0.15) is 18.5 Å². The Morgan fingerprint density at radius 1 is 1.47 bits per heavy atom. The fourth-order valence-electron chi connectivity index (χ4n) is 1.19. The van der Waals surface area contributed by atoms with Crippen molar-refractivity contribution < 1.29 is 9.90 Å². The lowest BCUT2D eigenvalue weighted by atomic mass is 10.1. The van der Waals surface area contributed by atoms with Crippen LogP contribution in [0.15, 0.2) is 24.4 Å². The van der Waals surface area contributed by atoms with E-state index in [1.807, 2.05) is 18.2 Å². The summed E-state index contributed by atoms with van der Waals surface area (Å²) in [7, 11) is 0. The first-order valence-electron chi connectivity index (χ1n) is 4.56. The summed E-state index contributed by atoms with van der Waals surface area (Å²) in [6.45, 7) is 0. The first kappa shape index (κ1) is 12.4. The van der Waals surface area contributed by atoms with E-state index in [2.05, 4.69) is 30.2 Å². The second kappa shape index (κ2) is 5.42. The van der Waals surface area contributed by atoms with Crippen LogP contribution in [0.4, 0.5) is 0 Å². The molecule has 0 fully saturated rings. The highest BCUT2D eigenvalue weighted by molar-refractivity contribution is 8.00. The lowest BCUT2D eigenvalue weighted by Crippen LogP contribution is -2.19. The standard InChI is InChI=1S/C10H13NO2S2/c12-9(13)4-5-10(14,15)7-8-3-1-2-6-11-8/h1-3,6,14-15H,4-5,7H2,(H,12,13). The van der Waals surface area contributed by atoms with Gasteiger partial charge in [-0.15, -0.1) is 0 Å². The Balaban J connectivity index is 2.52. The van der Waals surface area contributed by atoms with Crippen molar-refractivity contribution >= 4 is 31.2 Å². The number of carboxylic acid groups (broad SMARTS) is 1. The molecule has 3 nitrogen and oxygen atoms in total. The molecule has 1 aromatic heterocycles. The van der Waals surface area contributed by atoms with Crippen LogP contribution in [0.25, 0.3) is 0 Å². The van der Waals surface area contributed by atoms with Gasteiger partial charge in [-0.2, -0.15) is 25.3 Å². The van der Waals surface area contributed by atoms with Gasteiger partial charge in [0.1, 0.15) is 0 Å². The third-order valence-electron chi connectivity index (χ3n) is 1.93. The van der Waals surface area contributed by atoms with Crippen LogP contribution in [0.3, 0.4) is 0 Å². The molecule has 0 aliphatic heterocycles. The third-order valence-corrected chi connectivity index (χ3v) is 2.69. The lowest BCUT2D eigenvalue weighted by Gasteiger charge is -2.20. The van der Waals surface area contributed by atoms with E-state index in [9.17, 15) is 4.79 Å². The van der Waals surface area contributed by atoms with Crippen LogP contribution in [-0.4, -0.2) is 20.1 Å². The van der Waals surface area contributed by atoms with Crippen LogP contribution in [0.2, 0.25) is 0 Å². The Morgan fingerprint density at radius 3 is 2.73 bits per heavy atom. The molecule has 0 amide bonds. The summed E-state index contributed by atoms with van der Waals surface area (Å²) in [5, 5.41) is 8.56. The topological polar surface area (TPSA) is 50.2 Å². The summed E-state index contributed by atoms with van der Waals surface area (Å²) in [6.07, 6.45) is 2.72. The van der Waals surface area contributed by atoms with Gasteiger partial charge in [-0.1, -0.05) is 6.07 Å². The number of aromatic nitrogens is 1. The molecule has 0 atom stereocenters. The molecule has 0 saturated carbocycles. The van der Waals surface area contributed by atoms with Crippen molar-refractivity contribution in [3.05, 3.63) is 30.1 Å². The fourth-order valence-corrected chi connectivity index (χ4v) is 1.74. The monoisotopic (exact) mass is 243 g/mol. The van der Waals surface area contributed by atoms with E-state index in [1.165, 1.54) is 0 Å². The van der Waals surface area contributed by atoms with Gasteiger partial charge in [-0.25, -0.2) is 0 Å². The Kier molecular flexibility index (Phi) is 4.47. The lowest BCUT2D eigenvalue weighted by molar-refractivity contribution is -0.137. The van der Waals surface area contributed by atoms with Crippen LogP contribution in [0.5, 0.6) is 0 Å². The average Bonchev–Trinajstić information content (AvgIpc) is 2.16.